The molecule has 1 aromatic heterocycles. The molecule has 0 spiro atoms. The van der Waals surface area contributed by atoms with Crippen molar-refractivity contribution < 1.29 is 13.9 Å². The van der Waals surface area contributed by atoms with Crippen LogP contribution < -0.4 is 0 Å². The van der Waals surface area contributed by atoms with Crippen LogP contribution in [0.1, 0.15) is 17.4 Å². The topological polar surface area (TPSA) is 42.1 Å². The Hall–Kier alpha value is -2.62. The number of H-pyrrole nitrogens is 1. The number of rotatable bonds is 3. The first kappa shape index (κ1) is 13.4. The van der Waals surface area contributed by atoms with E-state index in [-0.39, 0.29) is 18.1 Å². The first-order valence-corrected chi connectivity index (χ1v) is 6.75. The maximum absolute atomic E-state index is 14.1. The molecule has 0 radical (unpaired) electrons. The minimum absolute atomic E-state index is 0.269. The number of para-hydroxylation sites is 1. The molecule has 0 aliphatic carbocycles. The maximum atomic E-state index is 14.1. The van der Waals surface area contributed by atoms with Gasteiger partial charge in [0.15, 0.2) is 0 Å². The highest BCUT2D eigenvalue weighted by atomic mass is 19.1. The van der Waals surface area contributed by atoms with Gasteiger partial charge in [-0.2, -0.15) is 0 Å². The van der Waals surface area contributed by atoms with Gasteiger partial charge < -0.3 is 9.72 Å². The minimum Gasteiger partial charge on any atom is -0.461 e. The molecular weight excluding hydrogens is 269 g/mol. The van der Waals surface area contributed by atoms with E-state index in [1.54, 1.807) is 25.1 Å². The summed E-state index contributed by atoms with van der Waals surface area (Å²) in [6, 6.07) is 13.8. The fourth-order valence-corrected chi connectivity index (χ4v) is 2.44. The molecule has 1 heterocycles. The molecule has 0 bridgehead atoms. The largest absolute Gasteiger partial charge is 0.461 e. The zero-order valence-electron chi connectivity index (χ0n) is 11.5. The minimum atomic E-state index is -0.480. The van der Waals surface area contributed by atoms with Crippen molar-refractivity contribution in [1.29, 1.82) is 0 Å². The summed E-state index contributed by atoms with van der Waals surface area (Å²) in [6.45, 7) is 2.01. The SMILES string of the molecule is CCOC(=O)c1[nH]c2ccccc2c1-c1ccccc1F. The summed E-state index contributed by atoms with van der Waals surface area (Å²) in [5.74, 6) is -0.847. The third-order valence-corrected chi connectivity index (χ3v) is 3.33. The van der Waals surface area contributed by atoms with Crippen molar-refractivity contribution in [2.24, 2.45) is 0 Å². The smallest absolute Gasteiger partial charge is 0.355 e. The van der Waals surface area contributed by atoms with Crippen LogP contribution in [0.2, 0.25) is 0 Å². The molecule has 0 saturated heterocycles. The van der Waals surface area contributed by atoms with Gasteiger partial charge >= 0.3 is 5.97 Å². The lowest BCUT2D eigenvalue weighted by Gasteiger charge is -2.06. The van der Waals surface area contributed by atoms with Gasteiger partial charge in [0.1, 0.15) is 11.5 Å². The van der Waals surface area contributed by atoms with Gasteiger partial charge in [-0.1, -0.05) is 36.4 Å². The lowest BCUT2D eigenvalue weighted by Crippen LogP contribution is -2.06. The van der Waals surface area contributed by atoms with Crippen LogP contribution in [0.25, 0.3) is 22.0 Å². The molecule has 21 heavy (non-hydrogen) atoms. The Labute approximate surface area is 121 Å². The summed E-state index contributed by atoms with van der Waals surface area (Å²) in [4.78, 5) is 15.2. The predicted molar refractivity (Wildman–Crippen MR) is 79.6 cm³/mol. The van der Waals surface area contributed by atoms with E-state index in [1.807, 2.05) is 24.3 Å². The lowest BCUT2D eigenvalue weighted by molar-refractivity contribution is 0.0521. The average molecular weight is 283 g/mol. The van der Waals surface area contributed by atoms with E-state index < -0.39 is 5.97 Å². The van der Waals surface area contributed by atoms with Gasteiger partial charge in [-0.3, -0.25) is 0 Å². The molecule has 0 aliphatic heterocycles. The molecule has 2 aromatic carbocycles. The number of hydrogen-bond donors (Lipinski definition) is 1. The zero-order valence-corrected chi connectivity index (χ0v) is 11.5. The molecule has 3 aromatic rings. The molecule has 106 valence electrons. The summed E-state index contributed by atoms with van der Waals surface area (Å²) in [6.07, 6.45) is 0. The van der Waals surface area contributed by atoms with Gasteiger partial charge in [-0.05, 0) is 19.1 Å². The number of nitrogens with one attached hydrogen (secondary N) is 1. The maximum Gasteiger partial charge on any atom is 0.355 e. The fourth-order valence-electron chi connectivity index (χ4n) is 2.44. The van der Waals surface area contributed by atoms with Crippen molar-refractivity contribution in [3.05, 3.63) is 60.0 Å². The van der Waals surface area contributed by atoms with E-state index in [0.717, 1.165) is 10.9 Å². The van der Waals surface area contributed by atoms with E-state index >= 15 is 0 Å². The number of esters is 1. The molecule has 0 atom stereocenters. The number of ether oxygens (including phenoxy) is 1. The Kier molecular flexibility index (Phi) is 3.44. The normalized spacial score (nSPS) is 10.8. The predicted octanol–water partition coefficient (Wildman–Crippen LogP) is 4.15. The van der Waals surface area contributed by atoms with E-state index in [4.69, 9.17) is 4.74 Å². The van der Waals surface area contributed by atoms with Gasteiger partial charge in [-0.15, -0.1) is 0 Å². The number of halogens is 1. The van der Waals surface area contributed by atoms with E-state index in [2.05, 4.69) is 4.98 Å². The van der Waals surface area contributed by atoms with E-state index in [0.29, 0.717) is 11.1 Å². The number of fused-ring (bicyclic) bond motifs is 1. The highest BCUT2D eigenvalue weighted by molar-refractivity contribution is 6.08. The van der Waals surface area contributed by atoms with Gasteiger partial charge in [0.05, 0.1) is 6.61 Å². The van der Waals surface area contributed by atoms with Crippen LogP contribution in [0.5, 0.6) is 0 Å². The highest BCUT2D eigenvalue weighted by Crippen LogP contribution is 2.34. The number of aromatic nitrogens is 1. The van der Waals surface area contributed by atoms with Crippen molar-refractivity contribution in [3.8, 4) is 11.1 Å². The third-order valence-electron chi connectivity index (χ3n) is 3.33. The van der Waals surface area contributed by atoms with Crippen LogP contribution in [-0.2, 0) is 4.74 Å². The molecule has 0 amide bonds. The van der Waals surface area contributed by atoms with Gasteiger partial charge in [0.2, 0.25) is 0 Å². The summed E-state index contributed by atoms with van der Waals surface area (Å²) in [7, 11) is 0. The third kappa shape index (κ3) is 2.29. The molecule has 4 heteroatoms. The van der Waals surface area contributed by atoms with Crippen LogP contribution in [0.3, 0.4) is 0 Å². The van der Waals surface area contributed by atoms with Gasteiger partial charge in [0, 0.05) is 22.0 Å². The molecule has 3 rings (SSSR count). The second-order valence-electron chi connectivity index (χ2n) is 4.62. The Morgan fingerprint density at radius 3 is 2.62 bits per heavy atom. The van der Waals surface area contributed by atoms with Crippen LogP contribution in [0.4, 0.5) is 4.39 Å². The molecule has 0 fully saturated rings. The number of hydrogen-bond acceptors (Lipinski definition) is 2. The first-order chi connectivity index (χ1) is 10.2. The van der Waals surface area contributed by atoms with Crippen LogP contribution in [0.15, 0.2) is 48.5 Å². The number of carbonyl (C=O) groups excluding carboxylic acids is 1. The number of aromatic amines is 1. The Morgan fingerprint density at radius 2 is 1.86 bits per heavy atom. The van der Waals surface area contributed by atoms with E-state index in [1.165, 1.54) is 6.07 Å². The molecule has 0 saturated carbocycles. The second-order valence-corrected chi connectivity index (χ2v) is 4.62. The van der Waals surface area contributed by atoms with Gasteiger partial charge in [-0.25, -0.2) is 9.18 Å². The van der Waals surface area contributed by atoms with Gasteiger partial charge in [0.25, 0.3) is 0 Å². The molecule has 3 nitrogen and oxygen atoms in total. The lowest BCUT2D eigenvalue weighted by atomic mass is 10.0. The zero-order chi connectivity index (χ0) is 14.8. The summed E-state index contributed by atoms with van der Waals surface area (Å²) in [5.41, 5.74) is 1.99. The van der Waals surface area contributed by atoms with Crippen LogP contribution in [-0.4, -0.2) is 17.6 Å². The van der Waals surface area contributed by atoms with E-state index in [9.17, 15) is 9.18 Å². The Morgan fingerprint density at radius 1 is 1.14 bits per heavy atom. The standard InChI is InChI=1S/C17H14FNO2/c1-2-21-17(20)16-15(11-7-3-5-9-13(11)18)12-8-4-6-10-14(12)19-16/h3-10,19H,2H2,1H3. The molecule has 1 N–H and O–H groups in total. The van der Waals surface area contributed by atoms with Crippen LogP contribution in [0, 0.1) is 5.82 Å². The summed E-state index contributed by atoms with van der Waals surface area (Å²) in [5, 5.41) is 0.797. The first-order valence-electron chi connectivity index (χ1n) is 6.75. The number of carbonyl (C=O) groups is 1. The summed E-state index contributed by atoms with van der Waals surface area (Å²) >= 11 is 0. The monoisotopic (exact) mass is 283 g/mol. The fraction of sp³-hybridized carbons (Fsp3) is 0.118. The quantitative estimate of drug-likeness (QED) is 0.734. The Balaban J connectivity index is 2.31. The summed E-state index contributed by atoms with van der Waals surface area (Å²) < 4.78 is 19.2. The van der Waals surface area contributed by atoms with Crippen molar-refractivity contribution in [2.75, 3.05) is 6.61 Å². The molecule has 0 aliphatic rings. The average Bonchev–Trinajstić information content (AvgIpc) is 2.87. The second kappa shape index (κ2) is 5.40. The van der Waals surface area contributed by atoms with Crippen molar-refractivity contribution >= 4 is 16.9 Å². The molecule has 0 unspecified atom stereocenters. The Bertz CT molecular complexity index is 807. The van der Waals surface area contributed by atoms with Crippen molar-refractivity contribution in [2.45, 2.75) is 6.92 Å². The highest BCUT2D eigenvalue weighted by Gasteiger charge is 2.21. The number of benzene rings is 2. The van der Waals surface area contributed by atoms with Crippen LogP contribution >= 0.6 is 0 Å². The molecular formula is C17H14FNO2. The van der Waals surface area contributed by atoms with Crippen molar-refractivity contribution in [1.82, 2.24) is 4.98 Å². The van der Waals surface area contributed by atoms with Crippen molar-refractivity contribution in [3.63, 3.8) is 0 Å².